The molecule has 0 aliphatic carbocycles. The van der Waals surface area contributed by atoms with Crippen molar-refractivity contribution in [3.05, 3.63) is 60.4 Å². The molecule has 8 heteroatoms. The number of hydrogen-bond donors (Lipinski definition) is 0. The van der Waals surface area contributed by atoms with Crippen LogP contribution in [0.5, 0.6) is 11.5 Å². The number of nitrogens with zero attached hydrogens (tertiary/aromatic N) is 2. The van der Waals surface area contributed by atoms with Crippen molar-refractivity contribution in [1.82, 2.24) is 9.97 Å². The molecule has 3 rings (SSSR count). The standard InChI is InChI=1S/C31H37F3N2O3/c1-3-5-7-8-9-11-17-38-28-15-13-22(18-26(28)33)24-20-35-30(36-21-24)23-14-16-29(27(34)19-23)39-31(37)25(32)12-10-6-4-2/h13-16,18-21,25H,3-12,17H2,1-2H3. The zero-order chi connectivity index (χ0) is 28.0. The van der Waals surface area contributed by atoms with E-state index in [-0.39, 0.29) is 23.7 Å². The van der Waals surface area contributed by atoms with Crippen LogP contribution in [0.2, 0.25) is 0 Å². The Bertz CT molecular complexity index is 1190. The van der Waals surface area contributed by atoms with Gasteiger partial charge in [-0.3, -0.25) is 0 Å². The molecule has 1 heterocycles. The van der Waals surface area contributed by atoms with Crippen molar-refractivity contribution in [2.75, 3.05) is 6.61 Å². The topological polar surface area (TPSA) is 61.3 Å². The quantitative estimate of drug-likeness (QED) is 0.103. The third-order valence-electron chi connectivity index (χ3n) is 6.39. The maximum absolute atomic E-state index is 14.6. The lowest BCUT2D eigenvalue weighted by molar-refractivity contribution is -0.140. The van der Waals surface area contributed by atoms with Crippen molar-refractivity contribution in [3.8, 4) is 34.0 Å². The summed E-state index contributed by atoms with van der Waals surface area (Å²) in [6, 6.07) is 8.56. The van der Waals surface area contributed by atoms with Gasteiger partial charge >= 0.3 is 5.97 Å². The Morgan fingerprint density at radius 3 is 2.05 bits per heavy atom. The highest BCUT2D eigenvalue weighted by molar-refractivity contribution is 5.77. The summed E-state index contributed by atoms with van der Waals surface area (Å²) < 4.78 is 53.6. The lowest BCUT2D eigenvalue weighted by Crippen LogP contribution is -2.22. The van der Waals surface area contributed by atoms with Crippen LogP contribution in [0.3, 0.4) is 0 Å². The Morgan fingerprint density at radius 2 is 1.36 bits per heavy atom. The van der Waals surface area contributed by atoms with E-state index in [4.69, 9.17) is 9.47 Å². The van der Waals surface area contributed by atoms with Gasteiger partial charge in [0.1, 0.15) is 0 Å². The van der Waals surface area contributed by atoms with E-state index < -0.39 is 23.8 Å². The predicted octanol–water partition coefficient (Wildman–Crippen LogP) is 8.65. The van der Waals surface area contributed by atoms with E-state index in [1.807, 2.05) is 6.92 Å². The van der Waals surface area contributed by atoms with Crippen LogP contribution in [-0.2, 0) is 4.79 Å². The first-order chi connectivity index (χ1) is 18.9. The maximum Gasteiger partial charge on any atom is 0.346 e. The van der Waals surface area contributed by atoms with E-state index >= 15 is 0 Å². The summed E-state index contributed by atoms with van der Waals surface area (Å²) in [5.41, 5.74) is 1.52. The average molecular weight is 543 g/mol. The van der Waals surface area contributed by atoms with Crippen molar-refractivity contribution in [1.29, 1.82) is 0 Å². The highest BCUT2D eigenvalue weighted by Gasteiger charge is 2.21. The molecule has 1 unspecified atom stereocenters. The van der Waals surface area contributed by atoms with E-state index in [1.54, 1.807) is 12.1 Å². The Kier molecular flexibility index (Phi) is 12.3. The molecule has 210 valence electrons. The summed E-state index contributed by atoms with van der Waals surface area (Å²) in [7, 11) is 0. The average Bonchev–Trinajstić information content (AvgIpc) is 2.94. The minimum absolute atomic E-state index is 0.0470. The second-order valence-electron chi connectivity index (χ2n) is 9.59. The lowest BCUT2D eigenvalue weighted by atomic mass is 10.1. The van der Waals surface area contributed by atoms with Crippen LogP contribution >= 0.6 is 0 Å². The first kappa shape index (κ1) is 30.1. The van der Waals surface area contributed by atoms with Crippen LogP contribution in [-0.4, -0.2) is 28.7 Å². The normalized spacial score (nSPS) is 11.8. The number of carbonyl (C=O) groups excluding carboxylic acids is 1. The third-order valence-corrected chi connectivity index (χ3v) is 6.39. The largest absolute Gasteiger partial charge is 0.491 e. The fourth-order valence-corrected chi connectivity index (χ4v) is 4.07. The van der Waals surface area contributed by atoms with Crippen LogP contribution in [0, 0.1) is 11.6 Å². The number of benzene rings is 2. The number of aromatic nitrogens is 2. The maximum atomic E-state index is 14.6. The molecule has 2 aromatic carbocycles. The number of hydrogen-bond acceptors (Lipinski definition) is 5. The van der Waals surface area contributed by atoms with E-state index in [0.29, 0.717) is 29.7 Å². The summed E-state index contributed by atoms with van der Waals surface area (Å²) >= 11 is 0. The number of ether oxygens (including phenoxy) is 2. The number of rotatable bonds is 16. The monoisotopic (exact) mass is 542 g/mol. The molecule has 0 spiro atoms. The van der Waals surface area contributed by atoms with Crippen LogP contribution in [0.15, 0.2) is 48.8 Å². The number of esters is 1. The predicted molar refractivity (Wildman–Crippen MR) is 146 cm³/mol. The molecule has 0 N–H and O–H groups in total. The van der Waals surface area contributed by atoms with Gasteiger partial charge in [0.05, 0.1) is 6.61 Å². The molecule has 39 heavy (non-hydrogen) atoms. The highest BCUT2D eigenvalue weighted by Crippen LogP contribution is 2.28. The molecule has 1 atom stereocenters. The highest BCUT2D eigenvalue weighted by atomic mass is 19.1. The van der Waals surface area contributed by atoms with Gasteiger partial charge < -0.3 is 9.47 Å². The Labute approximate surface area is 228 Å². The fourth-order valence-electron chi connectivity index (χ4n) is 4.07. The molecule has 3 aromatic rings. The van der Waals surface area contributed by atoms with E-state index in [2.05, 4.69) is 16.9 Å². The summed E-state index contributed by atoms with van der Waals surface area (Å²) in [4.78, 5) is 20.5. The molecule has 0 aliphatic heterocycles. The Balaban J connectivity index is 1.57. The minimum Gasteiger partial charge on any atom is -0.491 e. The van der Waals surface area contributed by atoms with Gasteiger partial charge in [-0.05, 0) is 55.2 Å². The SMILES string of the molecule is CCCCCCCCOc1ccc(-c2cnc(-c3ccc(OC(=O)C(F)CCCCC)c(F)c3)nc2)cc1F. The summed E-state index contributed by atoms with van der Waals surface area (Å²) in [6.45, 7) is 4.63. The lowest BCUT2D eigenvalue weighted by Gasteiger charge is -2.10. The van der Waals surface area contributed by atoms with Gasteiger partial charge in [-0.25, -0.2) is 27.9 Å². The smallest absolute Gasteiger partial charge is 0.346 e. The van der Waals surface area contributed by atoms with Crippen LogP contribution in [0.4, 0.5) is 13.2 Å². The molecule has 0 amide bonds. The molecule has 0 bridgehead atoms. The Hall–Kier alpha value is -3.42. The minimum atomic E-state index is -1.79. The van der Waals surface area contributed by atoms with Crippen molar-refractivity contribution in [2.24, 2.45) is 0 Å². The Morgan fingerprint density at radius 1 is 0.769 bits per heavy atom. The summed E-state index contributed by atoms with van der Waals surface area (Å²) in [6.07, 6.45) is 10.3. The molecular weight excluding hydrogens is 505 g/mol. The molecule has 1 aromatic heterocycles. The molecular formula is C31H37F3N2O3. The molecule has 0 aliphatic rings. The molecule has 0 saturated heterocycles. The second kappa shape index (κ2) is 15.9. The molecule has 0 fully saturated rings. The molecule has 5 nitrogen and oxygen atoms in total. The van der Waals surface area contributed by atoms with Gasteiger partial charge in [0.2, 0.25) is 0 Å². The van der Waals surface area contributed by atoms with Crippen molar-refractivity contribution in [2.45, 2.75) is 84.2 Å². The molecule has 0 radical (unpaired) electrons. The third kappa shape index (κ3) is 9.37. The van der Waals surface area contributed by atoms with E-state index in [0.717, 1.165) is 38.2 Å². The van der Waals surface area contributed by atoms with Crippen molar-refractivity contribution >= 4 is 5.97 Å². The van der Waals surface area contributed by atoms with Gasteiger partial charge in [-0.1, -0.05) is 64.9 Å². The number of alkyl halides is 1. The van der Waals surface area contributed by atoms with E-state index in [9.17, 15) is 18.0 Å². The first-order valence-corrected chi connectivity index (χ1v) is 13.8. The van der Waals surface area contributed by atoms with Gasteiger partial charge in [-0.15, -0.1) is 0 Å². The van der Waals surface area contributed by atoms with Crippen LogP contribution in [0.1, 0.15) is 78.1 Å². The summed E-state index contributed by atoms with van der Waals surface area (Å²) in [5.74, 6) is -2.31. The zero-order valence-electron chi connectivity index (χ0n) is 22.7. The van der Waals surface area contributed by atoms with Gasteiger partial charge in [0.25, 0.3) is 0 Å². The second-order valence-corrected chi connectivity index (χ2v) is 9.59. The molecule has 0 saturated carbocycles. The first-order valence-electron chi connectivity index (χ1n) is 13.8. The van der Waals surface area contributed by atoms with Crippen LogP contribution < -0.4 is 9.47 Å². The van der Waals surface area contributed by atoms with Crippen LogP contribution in [0.25, 0.3) is 22.5 Å². The summed E-state index contributed by atoms with van der Waals surface area (Å²) in [5, 5.41) is 0. The van der Waals surface area contributed by atoms with Crippen molar-refractivity contribution < 1.29 is 27.4 Å². The number of unbranched alkanes of at least 4 members (excludes halogenated alkanes) is 7. The fraction of sp³-hybridized carbons (Fsp3) is 0.452. The zero-order valence-corrected chi connectivity index (χ0v) is 22.7. The number of halogens is 3. The van der Waals surface area contributed by atoms with Gasteiger partial charge in [0, 0.05) is 23.5 Å². The van der Waals surface area contributed by atoms with Gasteiger partial charge in [-0.2, -0.15) is 0 Å². The van der Waals surface area contributed by atoms with Gasteiger partial charge in [0.15, 0.2) is 35.1 Å². The van der Waals surface area contributed by atoms with Crippen molar-refractivity contribution in [3.63, 3.8) is 0 Å². The van der Waals surface area contributed by atoms with E-state index in [1.165, 1.54) is 49.9 Å². The number of carbonyl (C=O) groups is 1.